The highest BCUT2D eigenvalue weighted by atomic mass is 16.2. The Labute approximate surface area is 214 Å². The van der Waals surface area contributed by atoms with E-state index in [4.69, 9.17) is 0 Å². The molecule has 1 saturated carbocycles. The predicted octanol–water partition coefficient (Wildman–Crippen LogP) is 4.73. The molecule has 2 aromatic heterocycles. The number of piperidine rings is 1. The van der Waals surface area contributed by atoms with Crippen molar-refractivity contribution in [2.45, 2.75) is 103 Å². The lowest BCUT2D eigenvalue weighted by Gasteiger charge is -2.35. The zero-order chi connectivity index (χ0) is 25.3. The van der Waals surface area contributed by atoms with Crippen LogP contribution in [0.2, 0.25) is 0 Å². The highest BCUT2D eigenvalue weighted by molar-refractivity contribution is 5.99. The van der Waals surface area contributed by atoms with Crippen LogP contribution < -0.4 is 10.7 Å². The van der Waals surface area contributed by atoms with Crippen LogP contribution in [0.3, 0.4) is 0 Å². The Morgan fingerprint density at radius 1 is 0.972 bits per heavy atom. The number of likely N-dealkylation sites (tertiary alicyclic amines) is 1. The molecule has 0 bridgehead atoms. The van der Waals surface area contributed by atoms with Gasteiger partial charge in [0.05, 0.1) is 0 Å². The SMILES string of the molecule is CC[C@@H]1CCCCN1C(=O)c1cn(CCc2ccccn2)cc(C(=O)NC2CCCCCCC2)c1=O. The number of nitrogens with zero attached hydrogens (tertiary/aromatic N) is 3. The van der Waals surface area contributed by atoms with Crippen LogP contribution in [0.25, 0.3) is 0 Å². The van der Waals surface area contributed by atoms with Crippen LogP contribution >= 0.6 is 0 Å². The number of hydrogen-bond acceptors (Lipinski definition) is 4. The van der Waals surface area contributed by atoms with E-state index in [2.05, 4.69) is 17.2 Å². The van der Waals surface area contributed by atoms with Gasteiger partial charge in [-0.3, -0.25) is 19.4 Å². The van der Waals surface area contributed by atoms with Crippen molar-refractivity contribution in [3.05, 3.63) is 63.8 Å². The van der Waals surface area contributed by atoms with Crippen LogP contribution in [0.5, 0.6) is 0 Å². The van der Waals surface area contributed by atoms with Crippen molar-refractivity contribution in [3.8, 4) is 0 Å². The number of carbonyl (C=O) groups excluding carboxylic acids is 2. The average molecular weight is 493 g/mol. The molecule has 1 saturated heterocycles. The van der Waals surface area contributed by atoms with Gasteiger partial charge in [-0.15, -0.1) is 0 Å². The molecule has 1 atom stereocenters. The standard InChI is InChI=1S/C29H40N4O3/c1-2-24-15-9-11-18-33(24)29(36)26-21-32(19-16-22-12-8-10-17-30-22)20-25(27(26)34)28(35)31-23-13-6-4-3-5-7-14-23/h8,10,12,17,20-21,23-24H,2-7,9,11,13-16,18-19H2,1H3,(H,31,35)/t24-/m1/s1. The Bertz CT molecular complexity index is 1070. The summed E-state index contributed by atoms with van der Waals surface area (Å²) in [6.45, 7) is 3.27. The fourth-order valence-electron chi connectivity index (χ4n) is 5.57. The normalized spacial score (nSPS) is 19.4. The maximum Gasteiger partial charge on any atom is 0.259 e. The molecule has 194 valence electrons. The third kappa shape index (κ3) is 6.62. The number of aromatic nitrogens is 2. The van der Waals surface area contributed by atoms with Gasteiger partial charge in [0.1, 0.15) is 11.1 Å². The fourth-order valence-corrected chi connectivity index (χ4v) is 5.57. The first-order valence-corrected chi connectivity index (χ1v) is 13.8. The third-order valence-electron chi connectivity index (χ3n) is 7.71. The van der Waals surface area contributed by atoms with E-state index in [0.717, 1.165) is 57.1 Å². The summed E-state index contributed by atoms with van der Waals surface area (Å²) in [5, 5.41) is 3.12. The fraction of sp³-hybridized carbons (Fsp3) is 0.586. The number of aryl methyl sites for hydroxylation is 2. The molecule has 0 aromatic carbocycles. The van der Waals surface area contributed by atoms with Crippen molar-refractivity contribution < 1.29 is 9.59 Å². The number of amides is 2. The second-order valence-corrected chi connectivity index (χ2v) is 10.3. The zero-order valence-corrected chi connectivity index (χ0v) is 21.6. The summed E-state index contributed by atoms with van der Waals surface area (Å²) in [7, 11) is 0. The molecule has 4 rings (SSSR count). The largest absolute Gasteiger partial charge is 0.352 e. The number of nitrogens with one attached hydrogen (secondary N) is 1. The van der Waals surface area contributed by atoms with Crippen molar-refractivity contribution in [1.82, 2.24) is 19.8 Å². The van der Waals surface area contributed by atoms with Gasteiger partial charge in [-0.2, -0.15) is 0 Å². The maximum absolute atomic E-state index is 13.6. The van der Waals surface area contributed by atoms with Gasteiger partial charge in [-0.05, 0) is 50.7 Å². The summed E-state index contributed by atoms with van der Waals surface area (Å²) in [6, 6.07) is 5.99. The second-order valence-electron chi connectivity index (χ2n) is 10.3. The summed E-state index contributed by atoms with van der Waals surface area (Å²) in [4.78, 5) is 46.8. The van der Waals surface area contributed by atoms with Crippen LogP contribution in [0.15, 0.2) is 41.6 Å². The lowest BCUT2D eigenvalue weighted by atomic mass is 9.96. The van der Waals surface area contributed by atoms with E-state index in [0.29, 0.717) is 19.5 Å². The molecule has 1 N–H and O–H groups in total. The molecule has 1 aliphatic heterocycles. The zero-order valence-electron chi connectivity index (χ0n) is 21.6. The van der Waals surface area contributed by atoms with Crippen LogP contribution in [0.4, 0.5) is 0 Å². The van der Waals surface area contributed by atoms with Crippen molar-refractivity contribution >= 4 is 11.8 Å². The molecule has 7 nitrogen and oxygen atoms in total. The van der Waals surface area contributed by atoms with Crippen molar-refractivity contribution in [2.75, 3.05) is 6.54 Å². The minimum Gasteiger partial charge on any atom is -0.352 e. The molecule has 2 fully saturated rings. The van der Waals surface area contributed by atoms with Gasteiger partial charge in [0.25, 0.3) is 11.8 Å². The molecule has 1 aliphatic carbocycles. The molecular weight excluding hydrogens is 452 g/mol. The summed E-state index contributed by atoms with van der Waals surface area (Å²) < 4.78 is 1.82. The molecule has 0 radical (unpaired) electrons. The van der Waals surface area contributed by atoms with E-state index in [1.54, 1.807) is 18.6 Å². The first kappa shape index (κ1) is 26.1. The highest BCUT2D eigenvalue weighted by Crippen LogP contribution is 2.22. The summed E-state index contributed by atoms with van der Waals surface area (Å²) in [6.07, 6.45) is 17.2. The van der Waals surface area contributed by atoms with Gasteiger partial charge >= 0.3 is 0 Å². The quantitative estimate of drug-likeness (QED) is 0.605. The Balaban J connectivity index is 1.62. The Morgan fingerprint density at radius 2 is 1.69 bits per heavy atom. The van der Waals surface area contributed by atoms with Crippen LogP contribution in [-0.2, 0) is 13.0 Å². The van der Waals surface area contributed by atoms with Gasteiger partial charge in [0.15, 0.2) is 0 Å². The van der Waals surface area contributed by atoms with Crippen LogP contribution in [0, 0.1) is 0 Å². The maximum atomic E-state index is 13.6. The summed E-state index contributed by atoms with van der Waals surface area (Å²) >= 11 is 0. The van der Waals surface area contributed by atoms with Crippen LogP contribution in [0.1, 0.15) is 104 Å². The molecule has 7 heteroatoms. The molecule has 2 aromatic rings. The summed E-state index contributed by atoms with van der Waals surface area (Å²) in [5.74, 6) is -0.615. The summed E-state index contributed by atoms with van der Waals surface area (Å²) in [5.41, 5.74) is 0.625. The van der Waals surface area contributed by atoms with Crippen molar-refractivity contribution in [1.29, 1.82) is 0 Å². The Kier molecular flexibility index (Phi) is 9.31. The third-order valence-corrected chi connectivity index (χ3v) is 7.71. The number of carbonyl (C=O) groups is 2. The van der Waals surface area contributed by atoms with Gasteiger partial charge < -0.3 is 14.8 Å². The van der Waals surface area contributed by atoms with E-state index < -0.39 is 5.43 Å². The predicted molar refractivity (Wildman–Crippen MR) is 141 cm³/mol. The molecule has 2 aliphatic rings. The molecular formula is C29H40N4O3. The second kappa shape index (κ2) is 12.8. The first-order valence-electron chi connectivity index (χ1n) is 13.8. The molecule has 2 amide bonds. The van der Waals surface area contributed by atoms with Gasteiger partial charge in [-0.1, -0.05) is 45.1 Å². The smallest absolute Gasteiger partial charge is 0.259 e. The van der Waals surface area contributed by atoms with Crippen LogP contribution in [-0.4, -0.2) is 44.9 Å². The van der Waals surface area contributed by atoms with E-state index in [1.165, 1.54) is 19.3 Å². The van der Waals surface area contributed by atoms with Gasteiger partial charge in [-0.25, -0.2) is 0 Å². The minimum absolute atomic E-state index is 0.0639. The lowest BCUT2D eigenvalue weighted by Crippen LogP contribution is -2.46. The van der Waals surface area contributed by atoms with Gasteiger partial charge in [0.2, 0.25) is 5.43 Å². The first-order chi connectivity index (χ1) is 17.6. The Morgan fingerprint density at radius 3 is 2.42 bits per heavy atom. The van der Waals surface area contributed by atoms with E-state index in [9.17, 15) is 14.4 Å². The lowest BCUT2D eigenvalue weighted by molar-refractivity contribution is 0.0605. The minimum atomic E-state index is -0.460. The van der Waals surface area contributed by atoms with Gasteiger partial charge in [0, 0.05) is 55.9 Å². The van der Waals surface area contributed by atoms with E-state index in [-0.39, 0.29) is 35.0 Å². The molecule has 0 unspecified atom stereocenters. The molecule has 36 heavy (non-hydrogen) atoms. The number of rotatable bonds is 7. The highest BCUT2D eigenvalue weighted by Gasteiger charge is 2.29. The molecule has 3 heterocycles. The van der Waals surface area contributed by atoms with E-state index in [1.807, 2.05) is 27.7 Å². The monoisotopic (exact) mass is 492 g/mol. The van der Waals surface area contributed by atoms with E-state index >= 15 is 0 Å². The van der Waals surface area contributed by atoms with Crippen molar-refractivity contribution in [2.24, 2.45) is 0 Å². The molecule has 0 spiro atoms. The van der Waals surface area contributed by atoms with Crippen molar-refractivity contribution in [3.63, 3.8) is 0 Å². The Hall–Kier alpha value is -2.96. The number of pyridine rings is 2. The average Bonchev–Trinajstić information content (AvgIpc) is 2.89. The number of hydrogen-bond donors (Lipinski definition) is 1. The topological polar surface area (TPSA) is 84.3 Å².